The van der Waals surface area contributed by atoms with E-state index in [0.717, 1.165) is 17.9 Å². The molecule has 21 heavy (non-hydrogen) atoms. The van der Waals surface area contributed by atoms with Gasteiger partial charge in [0.15, 0.2) is 12.4 Å². The van der Waals surface area contributed by atoms with Crippen LogP contribution in [0.3, 0.4) is 0 Å². The van der Waals surface area contributed by atoms with Crippen LogP contribution in [0.4, 0.5) is 0 Å². The van der Waals surface area contributed by atoms with Gasteiger partial charge in [0.1, 0.15) is 6.54 Å². The van der Waals surface area contributed by atoms with Gasteiger partial charge in [0, 0.05) is 36.4 Å². The molecule has 0 atom stereocenters. The molecule has 2 aromatic rings. The molecular weight excluding hydrogens is 287 g/mol. The molecule has 2 N–H and O–H groups in total. The van der Waals surface area contributed by atoms with Gasteiger partial charge in [-0.25, -0.2) is 0 Å². The van der Waals surface area contributed by atoms with Crippen LogP contribution < -0.4 is 9.13 Å². The van der Waals surface area contributed by atoms with Gasteiger partial charge in [-0.3, -0.25) is 4.57 Å². The minimum Gasteiger partial charge on any atom is -0.320 e. The summed E-state index contributed by atoms with van der Waals surface area (Å²) < 4.78 is 14.8. The van der Waals surface area contributed by atoms with E-state index in [0.29, 0.717) is 0 Å². The first kappa shape index (κ1) is 15.6. The quantitative estimate of drug-likeness (QED) is 0.651. The second kappa shape index (κ2) is 6.76. The molecule has 6 heteroatoms. The minimum absolute atomic E-state index is 0.323. The number of rotatable bonds is 5. The molecule has 0 aliphatic heterocycles. The van der Waals surface area contributed by atoms with Crippen LogP contribution in [-0.2, 0) is 17.4 Å². The molecular formula is C15H19N2O3P+2. The Labute approximate surface area is 124 Å². The fourth-order valence-corrected chi connectivity index (χ4v) is 2.72. The molecule has 2 rings (SSSR count). The number of aromatic nitrogens is 2. The minimum atomic E-state index is -4.10. The Morgan fingerprint density at radius 3 is 2.05 bits per heavy atom. The van der Waals surface area contributed by atoms with Crippen molar-refractivity contribution in [1.82, 2.24) is 0 Å². The molecule has 0 aliphatic rings. The average Bonchev–Trinajstić information content (AvgIpc) is 2.45. The van der Waals surface area contributed by atoms with Crippen molar-refractivity contribution in [3.63, 3.8) is 0 Å². The van der Waals surface area contributed by atoms with E-state index in [-0.39, 0.29) is 6.29 Å². The third-order valence-corrected chi connectivity index (χ3v) is 3.73. The van der Waals surface area contributed by atoms with Crippen molar-refractivity contribution in [1.29, 1.82) is 0 Å². The topological polar surface area (TPSA) is 65.3 Å². The molecule has 0 saturated carbocycles. The molecule has 2 aromatic heterocycles. The summed E-state index contributed by atoms with van der Waals surface area (Å²) in [5.41, 5.74) is 1.78. The van der Waals surface area contributed by atoms with Crippen molar-refractivity contribution in [2.24, 2.45) is 0 Å². The predicted octanol–water partition coefficient (Wildman–Crippen LogP) is 1.59. The van der Waals surface area contributed by atoms with Gasteiger partial charge < -0.3 is 9.79 Å². The van der Waals surface area contributed by atoms with Crippen LogP contribution in [0.25, 0.3) is 12.2 Å². The van der Waals surface area contributed by atoms with Gasteiger partial charge in [-0.15, -0.1) is 0 Å². The van der Waals surface area contributed by atoms with E-state index in [4.69, 9.17) is 9.79 Å². The van der Waals surface area contributed by atoms with E-state index in [9.17, 15) is 4.57 Å². The van der Waals surface area contributed by atoms with E-state index in [2.05, 4.69) is 11.5 Å². The Hall–Kier alpha value is -1.81. The van der Waals surface area contributed by atoms with Crippen molar-refractivity contribution >= 4 is 19.7 Å². The first-order valence-electron chi connectivity index (χ1n) is 6.69. The van der Waals surface area contributed by atoms with E-state index in [1.807, 2.05) is 48.7 Å². The molecule has 2 heterocycles. The molecule has 0 aliphatic carbocycles. The van der Waals surface area contributed by atoms with E-state index in [1.54, 1.807) is 16.8 Å². The molecule has 0 amide bonds. The summed E-state index contributed by atoms with van der Waals surface area (Å²) in [7, 11) is -4.10. The Kier molecular flexibility index (Phi) is 5.02. The summed E-state index contributed by atoms with van der Waals surface area (Å²) in [5.74, 6) is 0. The lowest BCUT2D eigenvalue weighted by atomic mass is 10.2. The lowest BCUT2D eigenvalue weighted by molar-refractivity contribution is -0.695. The number of aryl methyl sites for hydroxylation is 1. The van der Waals surface area contributed by atoms with Crippen molar-refractivity contribution in [2.75, 3.05) is 0 Å². The zero-order valence-electron chi connectivity index (χ0n) is 11.8. The fourth-order valence-electron chi connectivity index (χ4n) is 2.07. The Bertz CT molecular complexity index is 695. The van der Waals surface area contributed by atoms with Crippen molar-refractivity contribution in [2.45, 2.75) is 19.8 Å². The molecule has 0 fully saturated rings. The SMILES string of the molecule is CC[n+]1ccccc1C=Cc1cccc[n+]1CP(=O)(O)O. The van der Waals surface area contributed by atoms with Crippen LogP contribution in [0.5, 0.6) is 0 Å². The number of hydrogen-bond donors (Lipinski definition) is 2. The number of hydrogen-bond acceptors (Lipinski definition) is 1. The second-order valence-corrected chi connectivity index (χ2v) is 6.26. The molecule has 5 nitrogen and oxygen atoms in total. The average molecular weight is 306 g/mol. The Morgan fingerprint density at radius 1 is 1.00 bits per heavy atom. The summed E-state index contributed by atoms with van der Waals surface area (Å²) in [6, 6.07) is 11.3. The molecule has 0 saturated heterocycles. The van der Waals surface area contributed by atoms with Gasteiger partial charge >= 0.3 is 7.60 Å². The zero-order valence-corrected chi connectivity index (χ0v) is 12.7. The first-order chi connectivity index (χ1) is 9.99. The van der Waals surface area contributed by atoms with Gasteiger partial charge in [-0.05, 0) is 19.1 Å². The smallest absolute Gasteiger partial charge is 0.320 e. The normalized spacial score (nSPS) is 12.0. The van der Waals surface area contributed by atoms with E-state index < -0.39 is 7.60 Å². The highest BCUT2D eigenvalue weighted by Gasteiger charge is 2.22. The third kappa shape index (κ3) is 4.60. The highest BCUT2D eigenvalue weighted by atomic mass is 31.2. The molecule has 0 radical (unpaired) electrons. The maximum absolute atomic E-state index is 11.2. The van der Waals surface area contributed by atoms with Gasteiger partial charge in [0.25, 0.3) is 0 Å². The highest BCUT2D eigenvalue weighted by molar-refractivity contribution is 7.50. The molecule has 0 aromatic carbocycles. The maximum atomic E-state index is 11.2. The monoisotopic (exact) mass is 306 g/mol. The van der Waals surface area contributed by atoms with Gasteiger partial charge in [-0.2, -0.15) is 9.13 Å². The zero-order chi connectivity index (χ0) is 15.3. The second-order valence-electron chi connectivity index (χ2n) is 4.65. The van der Waals surface area contributed by atoms with Crippen LogP contribution in [0.15, 0.2) is 48.8 Å². The standard InChI is InChI=1S/C15H17N2O3P/c1-2-16-11-5-3-7-14(16)9-10-15-8-4-6-12-17(15)13-21(18,19)20/h3-12H,2,13H2,1H3/p+2. The Balaban J connectivity index is 2.31. The van der Waals surface area contributed by atoms with E-state index >= 15 is 0 Å². The fraction of sp³-hybridized carbons (Fsp3) is 0.200. The van der Waals surface area contributed by atoms with Crippen molar-refractivity contribution in [3.05, 3.63) is 60.2 Å². The summed E-state index contributed by atoms with van der Waals surface area (Å²) in [5, 5.41) is 0. The number of pyridine rings is 2. The largest absolute Gasteiger partial charge is 0.390 e. The van der Waals surface area contributed by atoms with Crippen LogP contribution in [0, 0.1) is 0 Å². The van der Waals surface area contributed by atoms with Crippen LogP contribution in [0.2, 0.25) is 0 Å². The van der Waals surface area contributed by atoms with E-state index in [1.165, 1.54) is 0 Å². The van der Waals surface area contributed by atoms with Crippen molar-refractivity contribution in [3.8, 4) is 0 Å². The summed E-state index contributed by atoms with van der Waals surface area (Å²) in [6.45, 7) is 2.92. The van der Waals surface area contributed by atoms with Crippen LogP contribution >= 0.6 is 7.60 Å². The third-order valence-electron chi connectivity index (χ3n) is 3.05. The number of nitrogens with zero attached hydrogens (tertiary/aromatic N) is 2. The lowest BCUT2D eigenvalue weighted by Crippen LogP contribution is -2.36. The first-order valence-corrected chi connectivity index (χ1v) is 8.49. The maximum Gasteiger partial charge on any atom is 0.390 e. The summed E-state index contributed by atoms with van der Waals surface area (Å²) in [6.07, 6.45) is 7.13. The Morgan fingerprint density at radius 2 is 1.52 bits per heavy atom. The predicted molar refractivity (Wildman–Crippen MR) is 79.9 cm³/mol. The van der Waals surface area contributed by atoms with Crippen LogP contribution in [0.1, 0.15) is 18.3 Å². The molecule has 0 bridgehead atoms. The van der Waals surface area contributed by atoms with Gasteiger partial charge in [-0.1, -0.05) is 0 Å². The molecule has 0 spiro atoms. The van der Waals surface area contributed by atoms with Gasteiger partial charge in [0.2, 0.25) is 17.7 Å². The highest BCUT2D eigenvalue weighted by Crippen LogP contribution is 2.34. The molecule has 110 valence electrons. The summed E-state index contributed by atoms with van der Waals surface area (Å²) >= 11 is 0. The van der Waals surface area contributed by atoms with Gasteiger partial charge in [0.05, 0.1) is 0 Å². The van der Waals surface area contributed by atoms with Crippen LogP contribution in [-0.4, -0.2) is 9.79 Å². The van der Waals surface area contributed by atoms with Crippen molar-refractivity contribution < 1.29 is 23.5 Å². The molecule has 0 unspecified atom stereocenters. The lowest BCUT2D eigenvalue weighted by Gasteiger charge is -2.02. The summed E-state index contributed by atoms with van der Waals surface area (Å²) in [4.78, 5) is 18.3.